The number of aliphatic hydroxyl groups is 1. The van der Waals surface area contributed by atoms with Crippen molar-refractivity contribution in [2.24, 2.45) is 39.4 Å². The van der Waals surface area contributed by atoms with Gasteiger partial charge in [0.2, 0.25) is 0 Å². The molecule has 3 aliphatic carbocycles. The minimum atomic E-state index is -1.60. The third-order valence-corrected chi connectivity index (χ3v) is 11.3. The summed E-state index contributed by atoms with van der Waals surface area (Å²) in [5.41, 5.74) is -1.75. The maximum absolute atomic E-state index is 15.5. The van der Waals surface area contributed by atoms with Crippen LogP contribution >= 0.6 is 0 Å². The van der Waals surface area contributed by atoms with Crippen molar-refractivity contribution in [1.29, 1.82) is 0 Å². The van der Waals surface area contributed by atoms with Gasteiger partial charge in [-0.1, -0.05) is 63.1 Å². The van der Waals surface area contributed by atoms with E-state index in [1.807, 2.05) is 54.5 Å². The number of aliphatic hydroxyl groups excluding tert-OH is 1. The molecule has 3 fully saturated rings. The van der Waals surface area contributed by atoms with Crippen molar-refractivity contribution in [3.05, 3.63) is 64.8 Å². The summed E-state index contributed by atoms with van der Waals surface area (Å²) in [4.78, 5) is 45.6. The van der Waals surface area contributed by atoms with Gasteiger partial charge in [0.1, 0.15) is 16.7 Å². The Balaban J connectivity index is 2.17. The zero-order valence-electron chi connectivity index (χ0n) is 27.9. The first-order valence-electron chi connectivity index (χ1n) is 15.8. The molecule has 0 heterocycles. The molecule has 3 saturated carbocycles. The van der Waals surface area contributed by atoms with E-state index in [-0.39, 0.29) is 47.5 Å². The molecule has 0 amide bonds. The zero-order chi connectivity index (χ0) is 33.2. The number of aromatic hydroxyl groups is 2. The van der Waals surface area contributed by atoms with Gasteiger partial charge in [0, 0.05) is 5.56 Å². The molecule has 1 aromatic carbocycles. The first-order valence-corrected chi connectivity index (χ1v) is 15.8. The quantitative estimate of drug-likeness (QED) is 0.0752. The molecule has 1 aromatic rings. The van der Waals surface area contributed by atoms with Crippen molar-refractivity contribution in [1.82, 2.24) is 0 Å². The zero-order valence-corrected chi connectivity index (χ0v) is 27.9. The molecule has 5 atom stereocenters. The van der Waals surface area contributed by atoms with Gasteiger partial charge < -0.3 is 15.3 Å². The number of hydrogen-bond acceptors (Lipinski definition) is 6. The van der Waals surface area contributed by atoms with Gasteiger partial charge in [-0.25, -0.2) is 0 Å². The van der Waals surface area contributed by atoms with Crippen LogP contribution in [0.2, 0.25) is 0 Å². The second-order valence-electron chi connectivity index (χ2n) is 15.4. The van der Waals surface area contributed by atoms with Crippen LogP contribution in [-0.2, 0) is 14.4 Å². The fraction of sp³-hybridized carbons (Fsp3) is 0.553. The molecule has 0 saturated heterocycles. The highest BCUT2D eigenvalue weighted by Gasteiger charge is 2.77. The standard InChI is InChI=1S/C38H50O6/c1-21(2)11-13-26-27-15-14-25(23(5)6)35(7,8)20-37(27)32(42)30(31(41)24-12-16-28(39)29(40)19-24)33(43)38(34(37)44,36(26,9)10)18-17-22(3)4/h11-12,16-17,19,25-27,39-41H,5,13-15,18,20H2,1-4,6-10H3/t25-,26-,27-,37-,38+/m0/s1. The van der Waals surface area contributed by atoms with Crippen molar-refractivity contribution in [3.8, 4) is 11.5 Å². The van der Waals surface area contributed by atoms with Crippen molar-refractivity contribution in [2.75, 3.05) is 0 Å². The molecule has 0 radical (unpaired) electrons. The summed E-state index contributed by atoms with van der Waals surface area (Å²) in [5.74, 6) is -3.50. The van der Waals surface area contributed by atoms with Crippen LogP contribution < -0.4 is 0 Å². The molecule has 3 N–H and O–H groups in total. The fourth-order valence-corrected chi connectivity index (χ4v) is 9.10. The van der Waals surface area contributed by atoms with Gasteiger partial charge in [-0.3, -0.25) is 14.4 Å². The highest BCUT2D eigenvalue weighted by molar-refractivity contribution is 6.41. The minimum Gasteiger partial charge on any atom is -0.506 e. The summed E-state index contributed by atoms with van der Waals surface area (Å²) in [5, 5.41) is 31.9. The molecular formula is C38H50O6. The lowest BCUT2D eigenvalue weighted by molar-refractivity contribution is -0.188. The lowest BCUT2D eigenvalue weighted by Gasteiger charge is -2.64. The molecule has 238 valence electrons. The van der Waals surface area contributed by atoms with Gasteiger partial charge in [-0.15, -0.1) is 0 Å². The van der Waals surface area contributed by atoms with Gasteiger partial charge in [0.25, 0.3) is 0 Å². The van der Waals surface area contributed by atoms with E-state index in [1.165, 1.54) is 12.1 Å². The number of benzene rings is 1. The van der Waals surface area contributed by atoms with Crippen LogP contribution in [-0.4, -0.2) is 32.7 Å². The summed E-state index contributed by atoms with van der Waals surface area (Å²) in [6, 6.07) is 3.70. The number of carbonyl (C=O) groups excluding carboxylic acids is 3. The molecule has 0 aromatic heterocycles. The number of Topliss-reactive ketones (excluding diaryl/α,β-unsaturated/α-hetero) is 3. The Labute approximate surface area is 262 Å². The third kappa shape index (κ3) is 4.80. The van der Waals surface area contributed by atoms with Crippen LogP contribution in [0.4, 0.5) is 0 Å². The average molecular weight is 603 g/mol. The normalized spacial score (nSPS) is 31.8. The topological polar surface area (TPSA) is 112 Å². The van der Waals surface area contributed by atoms with E-state index in [9.17, 15) is 15.3 Å². The summed E-state index contributed by atoms with van der Waals surface area (Å²) < 4.78 is 0. The number of allylic oxidation sites excluding steroid dienone is 6. The lowest BCUT2D eigenvalue weighted by Crippen LogP contribution is -2.73. The van der Waals surface area contributed by atoms with Gasteiger partial charge in [-0.05, 0) is 114 Å². The predicted molar refractivity (Wildman–Crippen MR) is 174 cm³/mol. The molecule has 6 heteroatoms. The Morgan fingerprint density at radius 2 is 1.52 bits per heavy atom. The Bertz CT molecular complexity index is 1510. The van der Waals surface area contributed by atoms with E-state index in [2.05, 4.69) is 26.5 Å². The minimum absolute atomic E-state index is 0.0290. The Morgan fingerprint density at radius 3 is 2.07 bits per heavy atom. The molecule has 1 spiro atoms. The van der Waals surface area contributed by atoms with Crippen molar-refractivity contribution < 1.29 is 29.7 Å². The predicted octanol–water partition coefficient (Wildman–Crippen LogP) is 8.45. The molecule has 44 heavy (non-hydrogen) atoms. The number of phenolic OH excluding ortho intramolecular Hbond substituents is 2. The van der Waals surface area contributed by atoms with Crippen LogP contribution in [0.1, 0.15) is 100.0 Å². The summed E-state index contributed by atoms with van der Waals surface area (Å²) in [6.45, 7) is 22.4. The average Bonchev–Trinajstić information content (AvgIpc) is 3.02. The fourth-order valence-electron chi connectivity index (χ4n) is 9.10. The maximum Gasteiger partial charge on any atom is 0.184 e. The molecular weight excluding hydrogens is 552 g/mol. The van der Waals surface area contributed by atoms with Crippen LogP contribution in [0, 0.1) is 39.4 Å². The van der Waals surface area contributed by atoms with Crippen molar-refractivity contribution in [2.45, 2.75) is 94.4 Å². The highest BCUT2D eigenvalue weighted by Crippen LogP contribution is 2.71. The third-order valence-electron chi connectivity index (χ3n) is 11.3. The SMILES string of the molecule is C=C(C)[C@@H]1CC[C@H]2[C@H](CC=C(C)C)C(C)(C)[C@]3(CC=C(C)C)C(=O)C(=C(O)c4ccc(O)c(O)c4)C(=O)[C@@]2(CC1(C)C)C3=O. The molecule has 0 aliphatic heterocycles. The highest BCUT2D eigenvalue weighted by atomic mass is 16.3. The number of hydrogen-bond donors (Lipinski definition) is 3. The van der Waals surface area contributed by atoms with Crippen LogP contribution in [0.25, 0.3) is 5.76 Å². The molecule has 2 bridgehead atoms. The first kappa shape index (κ1) is 33.5. The monoisotopic (exact) mass is 602 g/mol. The Hall–Kier alpha value is -3.41. The number of ketones is 3. The summed E-state index contributed by atoms with van der Waals surface area (Å²) in [6.07, 6.45) is 6.44. The molecule has 4 rings (SSSR count). The van der Waals surface area contributed by atoms with Crippen molar-refractivity contribution in [3.63, 3.8) is 0 Å². The smallest absolute Gasteiger partial charge is 0.184 e. The molecule has 0 unspecified atom stereocenters. The summed E-state index contributed by atoms with van der Waals surface area (Å²) in [7, 11) is 0. The van der Waals surface area contributed by atoms with Gasteiger partial charge in [0.05, 0.1) is 5.41 Å². The number of phenols is 2. The second kappa shape index (κ2) is 11.2. The number of fused-ring (bicyclic) bond motifs is 1. The maximum atomic E-state index is 15.5. The van der Waals surface area contributed by atoms with Crippen LogP contribution in [0.5, 0.6) is 11.5 Å². The Kier molecular flexibility index (Phi) is 8.51. The Morgan fingerprint density at radius 1 is 0.909 bits per heavy atom. The van der Waals surface area contributed by atoms with Crippen molar-refractivity contribution >= 4 is 23.1 Å². The second-order valence-corrected chi connectivity index (χ2v) is 15.4. The lowest BCUT2D eigenvalue weighted by atomic mass is 9.35. The largest absolute Gasteiger partial charge is 0.506 e. The van der Waals surface area contributed by atoms with Crippen LogP contribution in [0.3, 0.4) is 0 Å². The van der Waals surface area contributed by atoms with Gasteiger partial charge >= 0.3 is 0 Å². The number of carbonyl (C=O) groups is 3. The molecule has 3 aliphatic rings. The summed E-state index contributed by atoms with van der Waals surface area (Å²) >= 11 is 0. The molecule has 6 nitrogen and oxygen atoms in total. The van der Waals surface area contributed by atoms with E-state index in [4.69, 9.17) is 0 Å². The van der Waals surface area contributed by atoms with E-state index >= 15 is 14.4 Å². The van der Waals surface area contributed by atoms with E-state index in [1.54, 1.807) is 0 Å². The number of rotatable bonds is 6. The van der Waals surface area contributed by atoms with E-state index < -0.39 is 50.5 Å². The van der Waals surface area contributed by atoms with Crippen LogP contribution in [0.15, 0.2) is 59.2 Å². The van der Waals surface area contributed by atoms with Gasteiger partial charge in [0.15, 0.2) is 28.8 Å². The van der Waals surface area contributed by atoms with E-state index in [0.717, 1.165) is 29.2 Å². The first-order chi connectivity index (χ1) is 20.3. The van der Waals surface area contributed by atoms with E-state index in [0.29, 0.717) is 12.8 Å². The van der Waals surface area contributed by atoms with Gasteiger partial charge in [-0.2, -0.15) is 0 Å².